The van der Waals surface area contributed by atoms with Crippen LogP contribution in [-0.4, -0.2) is 41.6 Å². The van der Waals surface area contributed by atoms with E-state index in [1.807, 2.05) is 36.9 Å². The van der Waals surface area contributed by atoms with Crippen LogP contribution in [0.2, 0.25) is 0 Å². The summed E-state index contributed by atoms with van der Waals surface area (Å²) < 4.78 is 5.65. The van der Waals surface area contributed by atoms with Gasteiger partial charge in [-0.25, -0.2) is 0 Å². The molecule has 2 aromatic heterocycles. The van der Waals surface area contributed by atoms with E-state index in [2.05, 4.69) is 50.5 Å². The molecule has 0 spiro atoms. The standard InChI is InChI=1S/C22H24N4O.ClH/c1-27-22-3-2-19(17-4-8-23-9-5-17)14-20(22)16-26-13-12-25-15-21(26)18-6-10-24-11-7-18;/h2-11,14,21,25H,12-13,15-16H2,1H3;1H. The molecule has 6 heteroatoms. The Morgan fingerprint density at radius 3 is 2.43 bits per heavy atom. The van der Waals surface area contributed by atoms with Crippen molar-refractivity contribution in [2.75, 3.05) is 26.7 Å². The van der Waals surface area contributed by atoms with Crippen LogP contribution in [0.3, 0.4) is 0 Å². The maximum atomic E-state index is 5.65. The highest BCUT2D eigenvalue weighted by Crippen LogP contribution is 2.30. The molecule has 146 valence electrons. The van der Waals surface area contributed by atoms with E-state index in [1.165, 1.54) is 22.3 Å². The summed E-state index contributed by atoms with van der Waals surface area (Å²) in [6.07, 6.45) is 7.39. The van der Waals surface area contributed by atoms with Gasteiger partial charge in [-0.15, -0.1) is 12.4 Å². The van der Waals surface area contributed by atoms with Gasteiger partial charge in [0, 0.05) is 62.6 Å². The van der Waals surface area contributed by atoms with Gasteiger partial charge in [-0.05, 0) is 53.1 Å². The first-order valence-corrected chi connectivity index (χ1v) is 9.27. The second kappa shape index (κ2) is 9.64. The smallest absolute Gasteiger partial charge is 0.123 e. The van der Waals surface area contributed by atoms with Crippen molar-refractivity contribution in [2.45, 2.75) is 12.6 Å². The Hall–Kier alpha value is -2.47. The fourth-order valence-electron chi connectivity index (χ4n) is 3.69. The average Bonchev–Trinajstić information content (AvgIpc) is 2.75. The first-order chi connectivity index (χ1) is 13.3. The Kier molecular flexibility index (Phi) is 6.98. The van der Waals surface area contributed by atoms with Crippen LogP contribution in [0.1, 0.15) is 17.2 Å². The van der Waals surface area contributed by atoms with Crippen molar-refractivity contribution in [3.63, 3.8) is 0 Å². The molecule has 5 nitrogen and oxygen atoms in total. The molecule has 28 heavy (non-hydrogen) atoms. The Bertz CT molecular complexity index is 876. The summed E-state index contributed by atoms with van der Waals surface area (Å²) in [5.74, 6) is 0.930. The third-order valence-electron chi connectivity index (χ3n) is 5.11. The molecule has 1 aromatic carbocycles. The predicted octanol–water partition coefficient (Wildman–Crippen LogP) is 3.72. The van der Waals surface area contributed by atoms with Crippen LogP contribution in [0.4, 0.5) is 0 Å². The molecule has 1 fully saturated rings. The van der Waals surface area contributed by atoms with Gasteiger partial charge in [-0.1, -0.05) is 6.07 Å². The Balaban J connectivity index is 0.00000225. The average molecular weight is 397 g/mol. The molecule has 0 amide bonds. The topological polar surface area (TPSA) is 50.3 Å². The zero-order chi connectivity index (χ0) is 18.5. The minimum absolute atomic E-state index is 0. The quantitative estimate of drug-likeness (QED) is 0.712. The maximum absolute atomic E-state index is 5.65. The number of nitrogens with zero attached hydrogens (tertiary/aromatic N) is 3. The van der Waals surface area contributed by atoms with Crippen LogP contribution in [0.25, 0.3) is 11.1 Å². The van der Waals surface area contributed by atoms with Crippen LogP contribution in [0.5, 0.6) is 5.75 Å². The van der Waals surface area contributed by atoms with Gasteiger partial charge in [-0.2, -0.15) is 0 Å². The molecule has 0 aliphatic carbocycles. The van der Waals surface area contributed by atoms with Crippen LogP contribution in [0.15, 0.2) is 67.3 Å². The molecule has 1 unspecified atom stereocenters. The van der Waals surface area contributed by atoms with Gasteiger partial charge in [0.15, 0.2) is 0 Å². The van der Waals surface area contributed by atoms with Crippen molar-refractivity contribution in [1.82, 2.24) is 20.2 Å². The van der Waals surface area contributed by atoms with E-state index in [0.717, 1.165) is 31.9 Å². The number of piperazine rings is 1. The Morgan fingerprint density at radius 2 is 1.71 bits per heavy atom. The van der Waals surface area contributed by atoms with Crippen LogP contribution >= 0.6 is 12.4 Å². The van der Waals surface area contributed by atoms with E-state index in [4.69, 9.17) is 4.74 Å². The number of pyridine rings is 2. The molecule has 1 aliphatic rings. The third kappa shape index (κ3) is 4.50. The lowest BCUT2D eigenvalue weighted by atomic mass is 10.0. The Morgan fingerprint density at radius 1 is 1.00 bits per heavy atom. The van der Waals surface area contributed by atoms with Crippen LogP contribution in [-0.2, 0) is 6.54 Å². The fraction of sp³-hybridized carbons (Fsp3) is 0.273. The SMILES string of the molecule is COc1ccc(-c2ccncc2)cc1CN1CCNCC1c1ccncc1.Cl. The zero-order valence-electron chi connectivity index (χ0n) is 15.9. The normalized spacial score (nSPS) is 17.0. The largest absolute Gasteiger partial charge is 0.496 e. The maximum Gasteiger partial charge on any atom is 0.123 e. The van der Waals surface area contributed by atoms with Crippen molar-refractivity contribution in [3.8, 4) is 16.9 Å². The first kappa shape index (κ1) is 20.3. The highest BCUT2D eigenvalue weighted by molar-refractivity contribution is 5.85. The summed E-state index contributed by atoms with van der Waals surface area (Å²) in [5, 5.41) is 3.51. The number of hydrogen-bond acceptors (Lipinski definition) is 5. The second-order valence-electron chi connectivity index (χ2n) is 6.73. The lowest BCUT2D eigenvalue weighted by molar-refractivity contribution is 0.152. The number of aromatic nitrogens is 2. The van der Waals surface area contributed by atoms with Crippen molar-refractivity contribution in [2.24, 2.45) is 0 Å². The van der Waals surface area contributed by atoms with Gasteiger partial charge < -0.3 is 10.1 Å². The van der Waals surface area contributed by atoms with Gasteiger partial charge in [0.05, 0.1) is 7.11 Å². The lowest BCUT2D eigenvalue weighted by Crippen LogP contribution is -2.45. The molecule has 1 saturated heterocycles. The summed E-state index contributed by atoms with van der Waals surface area (Å²) in [4.78, 5) is 10.8. The molecular formula is C22H25ClN4O. The highest BCUT2D eigenvalue weighted by Gasteiger charge is 2.24. The summed E-state index contributed by atoms with van der Waals surface area (Å²) in [5.41, 5.74) is 4.85. The van der Waals surface area contributed by atoms with E-state index in [1.54, 1.807) is 7.11 Å². The van der Waals surface area contributed by atoms with Gasteiger partial charge in [0.2, 0.25) is 0 Å². The van der Waals surface area contributed by atoms with Crippen LogP contribution in [0, 0.1) is 0 Å². The van der Waals surface area contributed by atoms with E-state index < -0.39 is 0 Å². The van der Waals surface area contributed by atoms with Gasteiger partial charge >= 0.3 is 0 Å². The highest BCUT2D eigenvalue weighted by atomic mass is 35.5. The molecule has 3 heterocycles. The molecule has 0 bridgehead atoms. The third-order valence-corrected chi connectivity index (χ3v) is 5.11. The second-order valence-corrected chi connectivity index (χ2v) is 6.73. The van der Waals surface area contributed by atoms with Crippen molar-refractivity contribution in [3.05, 3.63) is 78.4 Å². The van der Waals surface area contributed by atoms with Crippen molar-refractivity contribution in [1.29, 1.82) is 0 Å². The van der Waals surface area contributed by atoms with Crippen LogP contribution < -0.4 is 10.1 Å². The summed E-state index contributed by atoms with van der Waals surface area (Å²) in [7, 11) is 1.74. The van der Waals surface area contributed by atoms with Gasteiger partial charge in [0.1, 0.15) is 5.75 Å². The number of hydrogen-bond donors (Lipinski definition) is 1. The minimum Gasteiger partial charge on any atom is -0.496 e. The van der Waals surface area contributed by atoms with E-state index in [9.17, 15) is 0 Å². The molecule has 1 N–H and O–H groups in total. The molecule has 4 rings (SSSR count). The fourth-order valence-corrected chi connectivity index (χ4v) is 3.69. The van der Waals surface area contributed by atoms with Crippen molar-refractivity contribution >= 4 is 12.4 Å². The molecule has 0 saturated carbocycles. The number of methoxy groups -OCH3 is 1. The number of benzene rings is 1. The number of ether oxygens (including phenoxy) is 1. The van der Waals surface area contributed by atoms with E-state index in [-0.39, 0.29) is 12.4 Å². The number of rotatable bonds is 5. The van der Waals surface area contributed by atoms with E-state index >= 15 is 0 Å². The number of halogens is 1. The zero-order valence-corrected chi connectivity index (χ0v) is 16.7. The molecular weight excluding hydrogens is 372 g/mol. The summed E-state index contributed by atoms with van der Waals surface area (Å²) >= 11 is 0. The first-order valence-electron chi connectivity index (χ1n) is 9.27. The van der Waals surface area contributed by atoms with E-state index in [0.29, 0.717) is 6.04 Å². The van der Waals surface area contributed by atoms with Gasteiger partial charge in [-0.3, -0.25) is 14.9 Å². The minimum atomic E-state index is 0. The molecule has 1 aliphatic heterocycles. The molecule has 0 radical (unpaired) electrons. The summed E-state index contributed by atoms with van der Waals surface area (Å²) in [6, 6.07) is 15.0. The summed E-state index contributed by atoms with van der Waals surface area (Å²) in [6.45, 7) is 3.77. The van der Waals surface area contributed by atoms with Gasteiger partial charge in [0.25, 0.3) is 0 Å². The molecule has 1 atom stereocenters. The number of nitrogens with one attached hydrogen (secondary N) is 1. The van der Waals surface area contributed by atoms with Crippen molar-refractivity contribution < 1.29 is 4.74 Å². The Labute approximate surface area is 172 Å². The monoisotopic (exact) mass is 396 g/mol. The molecule has 3 aromatic rings. The lowest BCUT2D eigenvalue weighted by Gasteiger charge is -2.36. The predicted molar refractivity (Wildman–Crippen MR) is 114 cm³/mol.